The number of carboxylic acid groups (broad SMARTS) is 1. The summed E-state index contributed by atoms with van der Waals surface area (Å²) < 4.78 is 5.46. The van der Waals surface area contributed by atoms with Gasteiger partial charge in [-0.25, -0.2) is 9.59 Å². The van der Waals surface area contributed by atoms with Gasteiger partial charge in [0, 0.05) is 12.0 Å². The van der Waals surface area contributed by atoms with Crippen LogP contribution in [-0.2, 0) is 10.2 Å². The number of aliphatic carboxylic acids is 1. The fourth-order valence-electron chi connectivity index (χ4n) is 3.93. The van der Waals surface area contributed by atoms with Crippen molar-refractivity contribution in [2.24, 2.45) is 5.92 Å². The number of amides is 1. The van der Waals surface area contributed by atoms with Crippen LogP contribution in [0, 0.1) is 5.92 Å². The summed E-state index contributed by atoms with van der Waals surface area (Å²) in [5.74, 6) is -0.931. The SMILES string of the molecule is CCC1(c2cccc(OC(=O)NC(C)(C(=O)O)C(C)C)c2)CCCCN(C)C1. The summed E-state index contributed by atoms with van der Waals surface area (Å²) in [5.41, 5.74) is -0.184. The van der Waals surface area contributed by atoms with Gasteiger partial charge in [0.1, 0.15) is 11.3 Å². The lowest BCUT2D eigenvalue weighted by molar-refractivity contribution is -0.145. The maximum atomic E-state index is 12.4. The van der Waals surface area contributed by atoms with Crippen LogP contribution in [0.1, 0.15) is 58.9 Å². The largest absolute Gasteiger partial charge is 0.480 e. The second-order valence-electron chi connectivity index (χ2n) is 8.53. The van der Waals surface area contributed by atoms with Crippen LogP contribution in [0.3, 0.4) is 0 Å². The van der Waals surface area contributed by atoms with E-state index in [2.05, 4.69) is 30.3 Å². The van der Waals surface area contributed by atoms with Gasteiger partial charge in [-0.2, -0.15) is 0 Å². The van der Waals surface area contributed by atoms with Gasteiger partial charge in [0.05, 0.1) is 0 Å². The van der Waals surface area contributed by atoms with Crippen molar-refractivity contribution in [2.45, 2.75) is 64.3 Å². The highest BCUT2D eigenvalue weighted by Gasteiger charge is 2.39. The molecule has 1 aliphatic heterocycles. The Morgan fingerprint density at radius 3 is 2.68 bits per heavy atom. The topological polar surface area (TPSA) is 78.9 Å². The third kappa shape index (κ3) is 4.85. The number of likely N-dealkylation sites (tertiary alicyclic amines) is 1. The minimum absolute atomic E-state index is 0.0363. The molecular weight excluding hydrogens is 356 g/mol. The van der Waals surface area contributed by atoms with Crippen molar-refractivity contribution in [3.8, 4) is 5.75 Å². The van der Waals surface area contributed by atoms with E-state index in [1.165, 1.54) is 25.3 Å². The van der Waals surface area contributed by atoms with Crippen molar-refractivity contribution >= 4 is 12.1 Å². The molecule has 1 aromatic rings. The molecular formula is C22H34N2O4. The molecule has 2 rings (SSSR count). The van der Waals surface area contributed by atoms with Crippen molar-refractivity contribution in [2.75, 3.05) is 20.1 Å². The van der Waals surface area contributed by atoms with E-state index < -0.39 is 17.6 Å². The minimum Gasteiger partial charge on any atom is -0.480 e. The number of nitrogens with zero attached hydrogens (tertiary/aromatic N) is 1. The van der Waals surface area contributed by atoms with E-state index in [9.17, 15) is 14.7 Å². The molecule has 0 saturated carbocycles. The highest BCUT2D eigenvalue weighted by atomic mass is 16.6. The molecule has 0 aliphatic carbocycles. The number of hydrogen-bond donors (Lipinski definition) is 2. The Hall–Kier alpha value is -2.08. The molecule has 2 atom stereocenters. The lowest BCUT2D eigenvalue weighted by Gasteiger charge is -2.35. The third-order valence-corrected chi connectivity index (χ3v) is 6.31. The number of ether oxygens (including phenoxy) is 1. The molecule has 6 nitrogen and oxygen atoms in total. The molecule has 6 heteroatoms. The molecule has 1 amide bonds. The normalized spacial score (nSPS) is 22.9. The number of likely N-dealkylation sites (N-methyl/N-ethyl adjacent to an activating group) is 1. The maximum Gasteiger partial charge on any atom is 0.413 e. The van der Waals surface area contributed by atoms with Gasteiger partial charge >= 0.3 is 12.1 Å². The molecule has 1 aliphatic rings. The summed E-state index contributed by atoms with van der Waals surface area (Å²) in [6.07, 6.45) is 3.74. The predicted molar refractivity (Wildman–Crippen MR) is 110 cm³/mol. The molecule has 1 saturated heterocycles. The summed E-state index contributed by atoms with van der Waals surface area (Å²) in [6.45, 7) is 9.28. The predicted octanol–water partition coefficient (Wildman–Crippen LogP) is 4.04. The molecule has 0 radical (unpaired) electrons. The number of nitrogens with one attached hydrogen (secondary N) is 1. The minimum atomic E-state index is -1.39. The first-order chi connectivity index (χ1) is 13.1. The van der Waals surface area contributed by atoms with Gasteiger partial charge in [-0.3, -0.25) is 0 Å². The molecule has 2 unspecified atom stereocenters. The molecule has 0 aromatic heterocycles. The number of carboxylic acids is 1. The number of rotatable bonds is 6. The van der Waals surface area contributed by atoms with Crippen LogP contribution in [0.15, 0.2) is 24.3 Å². The molecule has 0 spiro atoms. The zero-order chi connectivity index (χ0) is 20.9. The van der Waals surface area contributed by atoms with Gasteiger partial charge in [-0.15, -0.1) is 0 Å². The zero-order valence-electron chi connectivity index (χ0n) is 17.7. The number of benzene rings is 1. The number of carbonyl (C=O) groups excluding carboxylic acids is 1. The van der Waals surface area contributed by atoms with E-state index in [1.54, 1.807) is 19.9 Å². The number of carbonyl (C=O) groups is 2. The standard InChI is InChI=1S/C22H34N2O4/c1-6-22(12-7-8-13-24(5)15-22)17-10-9-11-18(14-17)28-20(27)23-21(4,16(2)3)19(25)26/h9-11,14,16H,6-8,12-13,15H2,1-5H3,(H,23,27)(H,25,26). The van der Waals surface area contributed by atoms with Crippen LogP contribution in [0.5, 0.6) is 5.75 Å². The summed E-state index contributed by atoms with van der Waals surface area (Å²) >= 11 is 0. The summed E-state index contributed by atoms with van der Waals surface area (Å²) in [7, 11) is 2.15. The summed E-state index contributed by atoms with van der Waals surface area (Å²) in [4.78, 5) is 26.3. The monoisotopic (exact) mass is 390 g/mol. The Kier molecular flexibility index (Phi) is 7.10. The lowest BCUT2D eigenvalue weighted by atomic mass is 9.74. The maximum absolute atomic E-state index is 12.4. The van der Waals surface area contributed by atoms with Crippen molar-refractivity contribution < 1.29 is 19.4 Å². The molecule has 1 heterocycles. The first kappa shape index (κ1) is 22.2. The highest BCUT2D eigenvalue weighted by Crippen LogP contribution is 2.37. The Bertz CT molecular complexity index is 706. The highest BCUT2D eigenvalue weighted by molar-refractivity contribution is 5.84. The summed E-state index contributed by atoms with van der Waals surface area (Å²) in [5, 5.41) is 12.0. The van der Waals surface area contributed by atoms with Crippen LogP contribution in [0.2, 0.25) is 0 Å². The van der Waals surface area contributed by atoms with Gasteiger partial charge < -0.3 is 20.1 Å². The van der Waals surface area contributed by atoms with Crippen LogP contribution < -0.4 is 10.1 Å². The first-order valence-corrected chi connectivity index (χ1v) is 10.2. The second kappa shape index (κ2) is 8.95. The first-order valence-electron chi connectivity index (χ1n) is 10.2. The van der Waals surface area contributed by atoms with Crippen LogP contribution >= 0.6 is 0 Å². The Labute approximate surface area is 168 Å². The zero-order valence-corrected chi connectivity index (χ0v) is 17.7. The van der Waals surface area contributed by atoms with E-state index >= 15 is 0 Å². The molecule has 0 bridgehead atoms. The van der Waals surface area contributed by atoms with Crippen molar-refractivity contribution in [1.82, 2.24) is 10.2 Å². The van der Waals surface area contributed by atoms with Crippen LogP contribution in [0.25, 0.3) is 0 Å². The van der Waals surface area contributed by atoms with Gasteiger partial charge in [0.15, 0.2) is 0 Å². The van der Waals surface area contributed by atoms with E-state index in [4.69, 9.17) is 4.74 Å². The van der Waals surface area contributed by atoms with Crippen LogP contribution in [-0.4, -0.2) is 47.7 Å². The van der Waals surface area contributed by atoms with Gasteiger partial charge in [0.25, 0.3) is 0 Å². The van der Waals surface area contributed by atoms with Gasteiger partial charge in [0.2, 0.25) is 0 Å². The van der Waals surface area contributed by atoms with Gasteiger partial charge in [-0.05, 0) is 63.4 Å². The average Bonchev–Trinajstić information content (AvgIpc) is 2.83. The fourth-order valence-corrected chi connectivity index (χ4v) is 3.93. The smallest absolute Gasteiger partial charge is 0.413 e. The fraction of sp³-hybridized carbons (Fsp3) is 0.636. The van der Waals surface area contributed by atoms with Crippen molar-refractivity contribution in [3.05, 3.63) is 29.8 Å². The van der Waals surface area contributed by atoms with E-state index in [0.717, 1.165) is 25.9 Å². The average molecular weight is 391 g/mol. The van der Waals surface area contributed by atoms with E-state index in [-0.39, 0.29) is 11.3 Å². The molecule has 156 valence electrons. The Balaban J connectivity index is 2.20. The van der Waals surface area contributed by atoms with Crippen molar-refractivity contribution in [3.63, 3.8) is 0 Å². The quantitative estimate of drug-likeness (QED) is 0.766. The molecule has 1 fully saturated rings. The van der Waals surface area contributed by atoms with Crippen molar-refractivity contribution in [1.29, 1.82) is 0 Å². The third-order valence-electron chi connectivity index (χ3n) is 6.31. The van der Waals surface area contributed by atoms with E-state index in [1.807, 2.05) is 12.1 Å². The molecule has 1 aromatic carbocycles. The van der Waals surface area contributed by atoms with Gasteiger partial charge in [-0.1, -0.05) is 39.3 Å². The Morgan fingerprint density at radius 2 is 2.07 bits per heavy atom. The molecule has 28 heavy (non-hydrogen) atoms. The van der Waals surface area contributed by atoms with Crippen LogP contribution in [0.4, 0.5) is 4.79 Å². The number of hydrogen-bond acceptors (Lipinski definition) is 4. The molecule has 2 N–H and O–H groups in total. The Morgan fingerprint density at radius 1 is 1.36 bits per heavy atom. The van der Waals surface area contributed by atoms with E-state index in [0.29, 0.717) is 5.75 Å². The summed E-state index contributed by atoms with van der Waals surface area (Å²) in [6, 6.07) is 7.66. The second-order valence-corrected chi connectivity index (χ2v) is 8.53. The lowest BCUT2D eigenvalue weighted by Crippen LogP contribution is -2.56.